The molecule has 1 aromatic rings. The van der Waals surface area contributed by atoms with Crippen molar-refractivity contribution in [2.45, 2.75) is 11.3 Å². The molecule has 11 nitrogen and oxygen atoms in total. The molecule has 2 rings (SSSR count). The lowest BCUT2D eigenvalue weighted by molar-refractivity contribution is -0.386. The SMILES string of the molecule is COc1ccc(S(=O)(=O)N2CCN(C(=O)CCSCC(N)=O)CC2)cc1[N+](=O)[O-]. The number of amides is 2. The Balaban J connectivity index is 1.99. The maximum absolute atomic E-state index is 12.8. The largest absolute Gasteiger partial charge is 0.490 e. The van der Waals surface area contributed by atoms with Gasteiger partial charge in [0.2, 0.25) is 21.8 Å². The average molecular weight is 447 g/mol. The van der Waals surface area contributed by atoms with Gasteiger partial charge in [-0.1, -0.05) is 0 Å². The third-order valence-electron chi connectivity index (χ3n) is 4.28. The number of ether oxygens (including phenoxy) is 1. The molecule has 1 fully saturated rings. The molecule has 1 aliphatic rings. The van der Waals surface area contributed by atoms with E-state index in [0.717, 1.165) is 6.07 Å². The van der Waals surface area contributed by atoms with Crippen molar-refractivity contribution in [2.24, 2.45) is 5.73 Å². The van der Waals surface area contributed by atoms with Crippen molar-refractivity contribution in [3.63, 3.8) is 0 Å². The monoisotopic (exact) mass is 446 g/mol. The van der Waals surface area contributed by atoms with Gasteiger partial charge in [0.25, 0.3) is 0 Å². The number of methoxy groups -OCH3 is 1. The number of hydrogen-bond acceptors (Lipinski definition) is 8. The number of carbonyl (C=O) groups excluding carboxylic acids is 2. The number of nitro benzene ring substituents is 1. The second-order valence-corrected chi connectivity index (χ2v) is 9.19. The first-order valence-electron chi connectivity index (χ1n) is 8.63. The highest BCUT2D eigenvalue weighted by Gasteiger charge is 2.31. The first kappa shape index (κ1) is 22.9. The molecule has 0 unspecified atom stereocenters. The van der Waals surface area contributed by atoms with E-state index in [2.05, 4.69) is 0 Å². The Kier molecular flexibility index (Phi) is 7.81. The van der Waals surface area contributed by atoms with Gasteiger partial charge in [0.1, 0.15) is 0 Å². The minimum absolute atomic E-state index is 0.0291. The molecule has 13 heteroatoms. The van der Waals surface area contributed by atoms with Gasteiger partial charge in [0.15, 0.2) is 5.75 Å². The van der Waals surface area contributed by atoms with Gasteiger partial charge >= 0.3 is 5.69 Å². The van der Waals surface area contributed by atoms with E-state index in [4.69, 9.17) is 10.5 Å². The van der Waals surface area contributed by atoms with Gasteiger partial charge in [-0.25, -0.2) is 8.42 Å². The smallest absolute Gasteiger partial charge is 0.312 e. The lowest BCUT2D eigenvalue weighted by atomic mass is 10.3. The fourth-order valence-electron chi connectivity index (χ4n) is 2.79. The van der Waals surface area contributed by atoms with Crippen molar-refractivity contribution in [1.82, 2.24) is 9.21 Å². The first-order chi connectivity index (χ1) is 13.7. The zero-order chi connectivity index (χ0) is 21.6. The third kappa shape index (κ3) is 5.81. The lowest BCUT2D eigenvalue weighted by Crippen LogP contribution is -2.50. The molecule has 1 aromatic carbocycles. The Morgan fingerprint density at radius 3 is 2.48 bits per heavy atom. The van der Waals surface area contributed by atoms with Crippen LogP contribution >= 0.6 is 11.8 Å². The summed E-state index contributed by atoms with van der Waals surface area (Å²) in [4.78, 5) is 34.7. The molecule has 0 radical (unpaired) electrons. The minimum Gasteiger partial charge on any atom is -0.490 e. The van der Waals surface area contributed by atoms with E-state index in [1.165, 1.54) is 35.3 Å². The van der Waals surface area contributed by atoms with Gasteiger partial charge in [-0.2, -0.15) is 16.1 Å². The Labute approximate surface area is 172 Å². The molecular weight excluding hydrogens is 424 g/mol. The van der Waals surface area contributed by atoms with Gasteiger partial charge in [-0.3, -0.25) is 19.7 Å². The maximum Gasteiger partial charge on any atom is 0.312 e. The summed E-state index contributed by atoms with van der Waals surface area (Å²) < 4.78 is 31.7. The quantitative estimate of drug-likeness (QED) is 0.317. The molecule has 0 aromatic heterocycles. The van der Waals surface area contributed by atoms with Crippen molar-refractivity contribution in [2.75, 3.05) is 44.8 Å². The highest BCUT2D eigenvalue weighted by molar-refractivity contribution is 7.99. The van der Waals surface area contributed by atoms with Crippen LogP contribution in [-0.2, 0) is 19.6 Å². The highest BCUT2D eigenvalue weighted by atomic mass is 32.2. The van der Waals surface area contributed by atoms with Gasteiger partial charge < -0.3 is 15.4 Å². The van der Waals surface area contributed by atoms with Crippen molar-refractivity contribution in [1.29, 1.82) is 0 Å². The molecule has 1 saturated heterocycles. The van der Waals surface area contributed by atoms with Crippen LogP contribution in [0.15, 0.2) is 23.1 Å². The number of rotatable bonds is 9. The van der Waals surface area contributed by atoms with Crippen molar-refractivity contribution >= 4 is 39.3 Å². The van der Waals surface area contributed by atoms with E-state index in [1.54, 1.807) is 4.90 Å². The topological polar surface area (TPSA) is 153 Å². The van der Waals surface area contributed by atoms with E-state index < -0.39 is 26.5 Å². The van der Waals surface area contributed by atoms with Crippen LogP contribution in [-0.4, -0.2) is 79.2 Å². The number of thioether (sulfide) groups is 1. The predicted octanol–water partition coefficient (Wildman–Crippen LogP) is 0.0449. The number of hydrogen-bond donors (Lipinski definition) is 1. The maximum atomic E-state index is 12.8. The van der Waals surface area contributed by atoms with Crippen molar-refractivity contribution in [3.8, 4) is 5.75 Å². The summed E-state index contributed by atoms with van der Waals surface area (Å²) in [6, 6.07) is 3.48. The number of primary amides is 1. The van der Waals surface area contributed by atoms with E-state index >= 15 is 0 Å². The molecular formula is C16H22N4O7S2. The number of piperazine rings is 1. The Bertz CT molecular complexity index is 883. The molecule has 0 bridgehead atoms. The molecule has 29 heavy (non-hydrogen) atoms. The Morgan fingerprint density at radius 2 is 1.93 bits per heavy atom. The molecule has 2 N–H and O–H groups in total. The molecule has 0 atom stereocenters. The summed E-state index contributed by atoms with van der Waals surface area (Å²) >= 11 is 1.27. The predicted molar refractivity (Wildman–Crippen MR) is 106 cm³/mol. The highest BCUT2D eigenvalue weighted by Crippen LogP contribution is 2.30. The molecule has 0 saturated carbocycles. The van der Waals surface area contributed by atoms with Gasteiger partial charge in [0, 0.05) is 44.4 Å². The van der Waals surface area contributed by atoms with Crippen LogP contribution in [0.1, 0.15) is 6.42 Å². The van der Waals surface area contributed by atoms with Gasteiger partial charge in [-0.15, -0.1) is 0 Å². The number of carbonyl (C=O) groups is 2. The number of sulfonamides is 1. The van der Waals surface area contributed by atoms with E-state index in [-0.39, 0.29) is 54.9 Å². The second-order valence-electron chi connectivity index (χ2n) is 6.14. The summed E-state index contributed by atoms with van der Waals surface area (Å²) in [6.07, 6.45) is 0.232. The van der Waals surface area contributed by atoms with Gasteiger partial charge in [0.05, 0.1) is 22.7 Å². The van der Waals surface area contributed by atoms with Crippen molar-refractivity contribution in [3.05, 3.63) is 28.3 Å². The minimum atomic E-state index is -3.94. The molecule has 0 aliphatic carbocycles. The summed E-state index contributed by atoms with van der Waals surface area (Å²) in [7, 11) is -2.68. The molecule has 1 heterocycles. The van der Waals surface area contributed by atoms with Crippen LogP contribution in [0, 0.1) is 10.1 Å². The van der Waals surface area contributed by atoms with Crippen molar-refractivity contribution < 1.29 is 27.7 Å². The van der Waals surface area contributed by atoms with E-state index in [0.29, 0.717) is 5.75 Å². The van der Waals surface area contributed by atoms with Crippen LogP contribution in [0.2, 0.25) is 0 Å². The fraction of sp³-hybridized carbons (Fsp3) is 0.500. The summed E-state index contributed by atoms with van der Waals surface area (Å²) in [5.41, 5.74) is 4.60. The van der Waals surface area contributed by atoms with E-state index in [9.17, 15) is 28.1 Å². The number of nitrogens with zero attached hydrogens (tertiary/aromatic N) is 3. The van der Waals surface area contributed by atoms with Crippen LogP contribution in [0.5, 0.6) is 5.75 Å². The van der Waals surface area contributed by atoms with Gasteiger partial charge in [-0.05, 0) is 12.1 Å². The number of nitro groups is 1. The summed E-state index contributed by atoms with van der Waals surface area (Å²) in [5, 5.41) is 11.1. The standard InChI is InChI=1S/C16H22N4O7S2/c1-27-14-3-2-12(10-13(14)20(23)24)29(25,26)19-7-5-18(6-8-19)16(22)4-9-28-11-15(17)21/h2-3,10H,4-9,11H2,1H3,(H2,17,21). The summed E-state index contributed by atoms with van der Waals surface area (Å²) in [5.74, 6) is 0.000960. The second kappa shape index (κ2) is 9.89. The van der Waals surface area contributed by atoms with E-state index in [1.807, 2.05) is 0 Å². The number of nitrogens with two attached hydrogens (primary N) is 1. The fourth-order valence-corrected chi connectivity index (χ4v) is 4.90. The molecule has 2 amide bonds. The zero-order valence-electron chi connectivity index (χ0n) is 15.8. The molecule has 160 valence electrons. The van der Waals surface area contributed by atoms with Crippen LogP contribution in [0.3, 0.4) is 0 Å². The third-order valence-corrected chi connectivity index (χ3v) is 7.16. The summed E-state index contributed by atoms with van der Waals surface area (Å²) in [6.45, 7) is 0.609. The lowest BCUT2D eigenvalue weighted by Gasteiger charge is -2.34. The zero-order valence-corrected chi connectivity index (χ0v) is 17.4. The first-order valence-corrected chi connectivity index (χ1v) is 11.2. The number of benzene rings is 1. The van der Waals surface area contributed by atoms with Crippen LogP contribution in [0.25, 0.3) is 0 Å². The Hall–Kier alpha value is -2.38. The Morgan fingerprint density at radius 1 is 1.28 bits per heavy atom. The van der Waals surface area contributed by atoms with Crippen LogP contribution < -0.4 is 10.5 Å². The normalized spacial score (nSPS) is 15.1. The molecule has 0 spiro atoms. The van der Waals surface area contributed by atoms with Crippen LogP contribution in [0.4, 0.5) is 5.69 Å². The molecule has 1 aliphatic heterocycles. The average Bonchev–Trinajstić information content (AvgIpc) is 2.70.